The second kappa shape index (κ2) is 12.7. The molecule has 41 heavy (non-hydrogen) atoms. The van der Waals surface area contributed by atoms with Crippen molar-refractivity contribution in [2.75, 3.05) is 23.5 Å². The van der Waals surface area contributed by atoms with Gasteiger partial charge in [-0.25, -0.2) is 0 Å². The van der Waals surface area contributed by atoms with Gasteiger partial charge in [-0.3, -0.25) is 9.59 Å². The highest BCUT2D eigenvalue weighted by Crippen LogP contribution is 2.38. The maximum absolute atomic E-state index is 13.7. The average Bonchev–Trinajstić information content (AvgIpc) is 3.29. The summed E-state index contributed by atoms with van der Waals surface area (Å²) in [6, 6.07) is 30.1. The van der Waals surface area contributed by atoms with Gasteiger partial charge in [-0.15, -0.1) is 0 Å². The number of rotatable bonds is 9. The third-order valence-corrected chi connectivity index (χ3v) is 6.84. The summed E-state index contributed by atoms with van der Waals surface area (Å²) >= 11 is 3.57. The fourth-order valence-electron chi connectivity index (χ4n) is 4.31. The van der Waals surface area contributed by atoms with Crippen molar-refractivity contribution >= 4 is 50.9 Å². The van der Waals surface area contributed by atoms with Crippen molar-refractivity contribution in [2.24, 2.45) is 5.10 Å². The standard InChI is InChI=1S/C33H28BrN3O4/c1-3-40-29-20-23(19-28(34)32(29)41-21-30(38)35-25-12-8-5-9-13-25)18-27-31(24-10-6-4-7-11-24)36-37(33(27)39)26-16-14-22(2)15-17-26/h4-20H,3,21H2,1-2H3,(H,35,38)/b27-18-. The molecule has 1 aliphatic rings. The Morgan fingerprint density at radius 2 is 1.63 bits per heavy atom. The van der Waals surface area contributed by atoms with Gasteiger partial charge in [-0.05, 0) is 77.8 Å². The number of amides is 2. The molecular weight excluding hydrogens is 582 g/mol. The number of ether oxygens (including phenoxy) is 2. The third kappa shape index (κ3) is 6.56. The number of carbonyl (C=O) groups excluding carboxylic acids is 2. The molecule has 0 atom stereocenters. The van der Waals surface area contributed by atoms with Crippen LogP contribution >= 0.6 is 15.9 Å². The van der Waals surface area contributed by atoms with Crippen LogP contribution in [0.2, 0.25) is 0 Å². The van der Waals surface area contributed by atoms with Gasteiger partial charge in [0.25, 0.3) is 11.8 Å². The molecule has 2 amide bonds. The molecule has 1 aliphatic heterocycles. The predicted molar refractivity (Wildman–Crippen MR) is 165 cm³/mol. The lowest BCUT2D eigenvalue weighted by Gasteiger charge is -2.15. The molecule has 1 N–H and O–H groups in total. The Morgan fingerprint density at radius 3 is 2.32 bits per heavy atom. The van der Waals surface area contributed by atoms with E-state index in [4.69, 9.17) is 14.6 Å². The van der Waals surface area contributed by atoms with Crippen molar-refractivity contribution in [3.05, 3.63) is 124 Å². The number of para-hydroxylation sites is 1. The van der Waals surface area contributed by atoms with Crippen LogP contribution in [-0.2, 0) is 9.59 Å². The molecule has 4 aromatic rings. The molecule has 0 aromatic heterocycles. The number of aryl methyl sites for hydroxylation is 1. The second-order valence-electron chi connectivity index (χ2n) is 9.29. The lowest BCUT2D eigenvalue weighted by atomic mass is 10.00. The first-order chi connectivity index (χ1) is 19.9. The lowest BCUT2D eigenvalue weighted by molar-refractivity contribution is -0.118. The number of nitrogens with one attached hydrogen (secondary N) is 1. The second-order valence-corrected chi connectivity index (χ2v) is 10.1. The Kier molecular flexibility index (Phi) is 8.60. The number of hydrazone groups is 1. The van der Waals surface area contributed by atoms with Gasteiger partial charge in [-0.1, -0.05) is 66.2 Å². The summed E-state index contributed by atoms with van der Waals surface area (Å²) in [5.41, 5.74) is 5.02. The SMILES string of the molecule is CCOc1cc(/C=C2\C(=O)N(c3ccc(C)cc3)N=C2c2ccccc2)cc(Br)c1OCC(=O)Nc1ccccc1. The number of anilines is 2. The van der Waals surface area contributed by atoms with E-state index in [-0.39, 0.29) is 18.4 Å². The van der Waals surface area contributed by atoms with Crippen LogP contribution in [0, 0.1) is 6.92 Å². The number of benzene rings is 4. The van der Waals surface area contributed by atoms with Crippen molar-refractivity contribution in [3.8, 4) is 11.5 Å². The highest BCUT2D eigenvalue weighted by atomic mass is 79.9. The first kappa shape index (κ1) is 27.9. The number of hydrogen-bond donors (Lipinski definition) is 1. The predicted octanol–water partition coefficient (Wildman–Crippen LogP) is 7.01. The number of hydrogen-bond acceptors (Lipinski definition) is 5. The minimum atomic E-state index is -0.298. The van der Waals surface area contributed by atoms with Crippen molar-refractivity contribution in [1.29, 1.82) is 0 Å². The average molecular weight is 611 g/mol. The van der Waals surface area contributed by atoms with Gasteiger partial charge < -0.3 is 14.8 Å². The van der Waals surface area contributed by atoms with E-state index in [1.165, 1.54) is 5.01 Å². The Morgan fingerprint density at radius 1 is 0.951 bits per heavy atom. The van der Waals surface area contributed by atoms with E-state index < -0.39 is 0 Å². The van der Waals surface area contributed by atoms with Crippen LogP contribution in [0.5, 0.6) is 11.5 Å². The molecule has 0 saturated heterocycles. The molecule has 1 heterocycles. The van der Waals surface area contributed by atoms with Crippen LogP contribution in [-0.4, -0.2) is 30.7 Å². The Labute approximate surface area is 247 Å². The van der Waals surface area contributed by atoms with E-state index in [9.17, 15) is 9.59 Å². The van der Waals surface area contributed by atoms with Gasteiger partial charge in [0, 0.05) is 11.3 Å². The van der Waals surface area contributed by atoms with Crippen molar-refractivity contribution in [3.63, 3.8) is 0 Å². The van der Waals surface area contributed by atoms with Crippen LogP contribution in [0.3, 0.4) is 0 Å². The molecule has 0 aliphatic carbocycles. The molecule has 5 rings (SSSR count). The molecule has 0 fully saturated rings. The number of nitrogens with zero attached hydrogens (tertiary/aromatic N) is 2. The van der Waals surface area contributed by atoms with E-state index >= 15 is 0 Å². The summed E-state index contributed by atoms with van der Waals surface area (Å²) in [6.45, 7) is 4.04. The normalized spacial score (nSPS) is 13.7. The molecular formula is C33H28BrN3O4. The first-order valence-electron chi connectivity index (χ1n) is 13.1. The largest absolute Gasteiger partial charge is 0.490 e. The van der Waals surface area contributed by atoms with Crippen molar-refractivity contribution in [2.45, 2.75) is 13.8 Å². The molecule has 0 bridgehead atoms. The highest BCUT2D eigenvalue weighted by Gasteiger charge is 2.32. The monoisotopic (exact) mass is 609 g/mol. The van der Waals surface area contributed by atoms with E-state index in [0.717, 1.165) is 11.1 Å². The summed E-state index contributed by atoms with van der Waals surface area (Å²) in [4.78, 5) is 26.2. The minimum Gasteiger partial charge on any atom is -0.490 e. The Balaban J connectivity index is 1.45. The van der Waals surface area contributed by atoms with Crippen LogP contribution in [0.1, 0.15) is 23.6 Å². The van der Waals surface area contributed by atoms with Gasteiger partial charge in [0.15, 0.2) is 18.1 Å². The van der Waals surface area contributed by atoms with E-state index in [0.29, 0.717) is 50.8 Å². The summed E-state index contributed by atoms with van der Waals surface area (Å²) < 4.78 is 12.3. The molecule has 7 nitrogen and oxygen atoms in total. The zero-order chi connectivity index (χ0) is 28.8. The molecule has 0 saturated carbocycles. The van der Waals surface area contributed by atoms with Gasteiger partial charge in [0.05, 0.1) is 22.3 Å². The topological polar surface area (TPSA) is 80.2 Å². The highest BCUT2D eigenvalue weighted by molar-refractivity contribution is 9.10. The van der Waals surface area contributed by atoms with Gasteiger partial charge >= 0.3 is 0 Å². The van der Waals surface area contributed by atoms with Crippen LogP contribution in [0.4, 0.5) is 11.4 Å². The lowest BCUT2D eigenvalue weighted by Crippen LogP contribution is -2.21. The zero-order valence-corrected chi connectivity index (χ0v) is 24.2. The van der Waals surface area contributed by atoms with E-state index in [2.05, 4.69) is 21.2 Å². The molecule has 206 valence electrons. The molecule has 4 aromatic carbocycles. The maximum Gasteiger partial charge on any atom is 0.281 e. The third-order valence-electron chi connectivity index (χ3n) is 6.25. The van der Waals surface area contributed by atoms with Crippen LogP contribution in [0.15, 0.2) is 112 Å². The zero-order valence-electron chi connectivity index (χ0n) is 22.6. The minimum absolute atomic E-state index is 0.206. The quantitative estimate of drug-likeness (QED) is 0.207. The van der Waals surface area contributed by atoms with Gasteiger partial charge in [0.1, 0.15) is 5.71 Å². The number of carbonyl (C=O) groups is 2. The molecule has 0 radical (unpaired) electrons. The first-order valence-corrected chi connectivity index (χ1v) is 13.9. The summed E-state index contributed by atoms with van der Waals surface area (Å²) in [5, 5.41) is 8.95. The molecule has 0 unspecified atom stereocenters. The summed E-state index contributed by atoms with van der Waals surface area (Å²) in [6.07, 6.45) is 1.79. The smallest absolute Gasteiger partial charge is 0.281 e. The van der Waals surface area contributed by atoms with Crippen molar-refractivity contribution in [1.82, 2.24) is 0 Å². The van der Waals surface area contributed by atoms with Crippen molar-refractivity contribution < 1.29 is 19.1 Å². The fourth-order valence-corrected chi connectivity index (χ4v) is 4.89. The Hall–Kier alpha value is -4.69. The maximum atomic E-state index is 13.7. The summed E-state index contributed by atoms with van der Waals surface area (Å²) in [5.74, 6) is 0.307. The summed E-state index contributed by atoms with van der Waals surface area (Å²) in [7, 11) is 0. The fraction of sp³-hybridized carbons (Fsp3) is 0.121. The van der Waals surface area contributed by atoms with E-state index in [1.807, 2.05) is 92.7 Å². The van der Waals surface area contributed by atoms with Crippen LogP contribution in [0.25, 0.3) is 6.08 Å². The molecule has 0 spiro atoms. The molecule has 8 heteroatoms. The van der Waals surface area contributed by atoms with Crippen LogP contribution < -0.4 is 19.8 Å². The van der Waals surface area contributed by atoms with E-state index in [1.54, 1.807) is 24.3 Å². The number of halogens is 1. The van der Waals surface area contributed by atoms with Gasteiger partial charge in [0.2, 0.25) is 0 Å². The Bertz CT molecular complexity index is 1620. The van der Waals surface area contributed by atoms with Gasteiger partial charge in [-0.2, -0.15) is 10.1 Å².